The average molecular weight is 512 g/mol. The van der Waals surface area contributed by atoms with Crippen LogP contribution in [0.25, 0.3) is 54.6 Å². The van der Waals surface area contributed by atoms with Gasteiger partial charge >= 0.3 is 0 Å². The molecule has 40 heavy (non-hydrogen) atoms. The van der Waals surface area contributed by atoms with Gasteiger partial charge in [0.1, 0.15) is 11.2 Å². The zero-order valence-electron chi connectivity index (χ0n) is 21.8. The number of hydrogen-bond donors (Lipinski definition) is 0. The molecule has 2 nitrogen and oxygen atoms in total. The number of benzene rings is 7. The summed E-state index contributed by atoms with van der Waals surface area (Å²) in [7, 11) is 0. The Kier molecular flexibility index (Phi) is 5.17. The molecule has 8 rings (SSSR count). The van der Waals surface area contributed by atoms with E-state index in [4.69, 9.17) is 4.42 Å². The Morgan fingerprint density at radius 3 is 1.98 bits per heavy atom. The number of hydrogen-bond acceptors (Lipinski definition) is 2. The highest BCUT2D eigenvalue weighted by Gasteiger charge is 2.22. The van der Waals surface area contributed by atoms with Crippen LogP contribution >= 0.6 is 0 Å². The molecule has 0 unspecified atom stereocenters. The van der Waals surface area contributed by atoms with Crippen molar-refractivity contribution in [1.29, 1.82) is 0 Å². The third kappa shape index (κ3) is 3.58. The van der Waals surface area contributed by atoms with Gasteiger partial charge in [-0.3, -0.25) is 0 Å². The molecule has 0 amide bonds. The number of rotatable bonds is 4. The minimum Gasteiger partial charge on any atom is -0.455 e. The molecule has 0 radical (unpaired) electrons. The summed E-state index contributed by atoms with van der Waals surface area (Å²) in [4.78, 5) is 2.35. The summed E-state index contributed by atoms with van der Waals surface area (Å²) in [6.45, 7) is 0. The van der Waals surface area contributed by atoms with Gasteiger partial charge in [0.2, 0.25) is 0 Å². The molecule has 7 aromatic carbocycles. The molecule has 0 spiro atoms. The maximum absolute atomic E-state index is 6.59. The highest BCUT2D eigenvalue weighted by Crippen LogP contribution is 2.46. The van der Waals surface area contributed by atoms with Crippen LogP contribution in [-0.2, 0) is 0 Å². The molecule has 2 heteroatoms. The molecule has 1 aromatic heterocycles. The minimum absolute atomic E-state index is 0.889. The topological polar surface area (TPSA) is 16.4 Å². The lowest BCUT2D eigenvalue weighted by atomic mass is 9.99. The van der Waals surface area contributed by atoms with E-state index in [1.165, 1.54) is 21.5 Å². The highest BCUT2D eigenvalue weighted by molar-refractivity contribution is 6.17. The van der Waals surface area contributed by atoms with Gasteiger partial charge in [-0.25, -0.2) is 0 Å². The Balaban J connectivity index is 1.43. The number of nitrogens with zero attached hydrogens (tertiary/aromatic N) is 1. The monoisotopic (exact) mass is 511 g/mol. The van der Waals surface area contributed by atoms with Crippen LogP contribution in [0.15, 0.2) is 156 Å². The lowest BCUT2D eigenvalue weighted by molar-refractivity contribution is 0.670. The zero-order valence-corrected chi connectivity index (χ0v) is 21.8. The fraction of sp³-hybridized carbons (Fsp3) is 0. The quantitative estimate of drug-likeness (QED) is 0.218. The van der Waals surface area contributed by atoms with Crippen LogP contribution < -0.4 is 4.90 Å². The SMILES string of the molecule is c1ccc(-c2ccc(N(c3ccccc3)c3ccc4c(ccc5ccccc54)c3)c3c2oc2ccccc23)cc1. The molecule has 0 aliphatic rings. The van der Waals surface area contributed by atoms with E-state index in [0.717, 1.165) is 50.1 Å². The van der Waals surface area contributed by atoms with E-state index >= 15 is 0 Å². The molecule has 0 N–H and O–H groups in total. The molecule has 0 aliphatic carbocycles. The van der Waals surface area contributed by atoms with E-state index in [1.54, 1.807) is 0 Å². The van der Waals surface area contributed by atoms with Gasteiger partial charge < -0.3 is 9.32 Å². The first kappa shape index (κ1) is 22.6. The van der Waals surface area contributed by atoms with Crippen LogP contribution in [-0.4, -0.2) is 0 Å². The van der Waals surface area contributed by atoms with Gasteiger partial charge in [0.25, 0.3) is 0 Å². The molecule has 1 heterocycles. The van der Waals surface area contributed by atoms with E-state index < -0.39 is 0 Å². The minimum atomic E-state index is 0.889. The lowest BCUT2D eigenvalue weighted by Crippen LogP contribution is -2.10. The number of fused-ring (bicyclic) bond motifs is 6. The van der Waals surface area contributed by atoms with Crippen molar-refractivity contribution in [3.05, 3.63) is 152 Å². The van der Waals surface area contributed by atoms with Crippen molar-refractivity contribution in [2.24, 2.45) is 0 Å². The Labute approximate surface area is 232 Å². The van der Waals surface area contributed by atoms with Crippen molar-refractivity contribution >= 4 is 60.5 Å². The normalized spacial score (nSPS) is 11.5. The number of para-hydroxylation sites is 2. The molecule has 0 aliphatic heterocycles. The van der Waals surface area contributed by atoms with Crippen LogP contribution in [0.4, 0.5) is 17.1 Å². The fourth-order valence-electron chi connectivity index (χ4n) is 5.99. The van der Waals surface area contributed by atoms with Crippen molar-refractivity contribution < 1.29 is 4.42 Å². The first-order chi connectivity index (χ1) is 19.8. The largest absolute Gasteiger partial charge is 0.455 e. The maximum atomic E-state index is 6.59. The standard InChI is InChI=1S/C38H25NO/c1-3-11-26(12-4-1)33-23-24-35(37-34-17-9-10-18-36(34)40-38(33)37)39(29-14-5-2-6-15-29)30-21-22-32-28(25-30)20-19-27-13-7-8-16-31(27)32/h1-25H. The van der Waals surface area contributed by atoms with E-state index in [1.807, 2.05) is 12.1 Å². The molecule has 8 aromatic rings. The van der Waals surface area contributed by atoms with Gasteiger partial charge in [0, 0.05) is 22.3 Å². The smallest absolute Gasteiger partial charge is 0.145 e. The van der Waals surface area contributed by atoms with E-state index in [2.05, 4.69) is 144 Å². The second-order valence-corrected chi connectivity index (χ2v) is 10.2. The van der Waals surface area contributed by atoms with Crippen molar-refractivity contribution in [2.45, 2.75) is 0 Å². The van der Waals surface area contributed by atoms with Gasteiger partial charge in [-0.1, -0.05) is 109 Å². The molecule has 0 atom stereocenters. The van der Waals surface area contributed by atoms with Crippen molar-refractivity contribution in [3.63, 3.8) is 0 Å². The predicted octanol–water partition coefficient (Wildman–Crippen LogP) is 11.0. The van der Waals surface area contributed by atoms with Gasteiger partial charge in [-0.05, 0) is 69.6 Å². The molecule has 0 saturated heterocycles. The summed E-state index contributed by atoms with van der Waals surface area (Å²) < 4.78 is 6.59. The Morgan fingerprint density at radius 1 is 0.450 bits per heavy atom. The summed E-state index contributed by atoms with van der Waals surface area (Å²) in [6, 6.07) is 53.7. The fourth-order valence-corrected chi connectivity index (χ4v) is 5.99. The molecular weight excluding hydrogens is 486 g/mol. The van der Waals surface area contributed by atoms with Crippen LogP contribution in [0, 0.1) is 0 Å². The third-order valence-corrected chi connectivity index (χ3v) is 7.83. The van der Waals surface area contributed by atoms with Gasteiger partial charge in [-0.2, -0.15) is 0 Å². The summed E-state index contributed by atoms with van der Waals surface area (Å²) in [5.41, 5.74) is 7.31. The highest BCUT2D eigenvalue weighted by atomic mass is 16.3. The van der Waals surface area contributed by atoms with Crippen molar-refractivity contribution in [1.82, 2.24) is 0 Å². The molecule has 0 saturated carbocycles. The zero-order chi connectivity index (χ0) is 26.5. The van der Waals surface area contributed by atoms with Crippen LogP contribution in [0.2, 0.25) is 0 Å². The lowest BCUT2D eigenvalue weighted by Gasteiger charge is -2.27. The Bertz CT molecular complexity index is 2160. The van der Waals surface area contributed by atoms with Crippen LogP contribution in [0.1, 0.15) is 0 Å². The number of anilines is 3. The van der Waals surface area contributed by atoms with Crippen LogP contribution in [0.3, 0.4) is 0 Å². The van der Waals surface area contributed by atoms with Gasteiger partial charge in [0.15, 0.2) is 0 Å². The second kappa shape index (κ2) is 9.14. The predicted molar refractivity (Wildman–Crippen MR) is 169 cm³/mol. The summed E-state index contributed by atoms with van der Waals surface area (Å²) in [5.74, 6) is 0. The molecular formula is C38H25NO. The Hall–Kier alpha value is -5.34. The van der Waals surface area contributed by atoms with E-state index in [9.17, 15) is 0 Å². The summed E-state index contributed by atoms with van der Waals surface area (Å²) in [6.07, 6.45) is 0. The molecule has 0 bridgehead atoms. The van der Waals surface area contributed by atoms with E-state index in [-0.39, 0.29) is 0 Å². The summed E-state index contributed by atoms with van der Waals surface area (Å²) >= 11 is 0. The second-order valence-electron chi connectivity index (χ2n) is 10.2. The number of furan rings is 1. The summed E-state index contributed by atoms with van der Waals surface area (Å²) in [5, 5.41) is 7.22. The van der Waals surface area contributed by atoms with Gasteiger partial charge in [-0.15, -0.1) is 0 Å². The molecule has 0 fully saturated rings. The first-order valence-electron chi connectivity index (χ1n) is 13.6. The maximum Gasteiger partial charge on any atom is 0.145 e. The average Bonchev–Trinajstić information content (AvgIpc) is 3.42. The van der Waals surface area contributed by atoms with Crippen molar-refractivity contribution in [3.8, 4) is 11.1 Å². The third-order valence-electron chi connectivity index (χ3n) is 7.83. The molecule has 188 valence electrons. The van der Waals surface area contributed by atoms with E-state index in [0.29, 0.717) is 0 Å². The van der Waals surface area contributed by atoms with Crippen LogP contribution in [0.5, 0.6) is 0 Å². The first-order valence-corrected chi connectivity index (χ1v) is 13.6. The van der Waals surface area contributed by atoms with Crippen molar-refractivity contribution in [2.75, 3.05) is 4.90 Å². The van der Waals surface area contributed by atoms with Gasteiger partial charge in [0.05, 0.1) is 11.1 Å². The Morgan fingerprint density at radius 2 is 1.12 bits per heavy atom.